The molecule has 0 amide bonds. The first-order chi connectivity index (χ1) is 16.4. The van der Waals surface area contributed by atoms with Crippen LogP contribution in [0, 0.1) is 11.3 Å². The molecule has 1 N–H and O–H groups in total. The molecule has 0 fully saturated rings. The molecule has 0 bridgehead atoms. The normalized spacial score (nSPS) is 11.1. The minimum atomic E-state index is -3.96. The third kappa shape index (κ3) is 4.72. The summed E-state index contributed by atoms with van der Waals surface area (Å²) in [6.45, 7) is 2.17. The summed E-state index contributed by atoms with van der Waals surface area (Å²) in [7, 11) is -3.96. The van der Waals surface area contributed by atoms with Crippen molar-refractivity contribution in [1.29, 1.82) is 5.26 Å². The molecule has 0 spiro atoms. The fourth-order valence-corrected chi connectivity index (χ4v) is 4.55. The number of pyridine rings is 1. The summed E-state index contributed by atoms with van der Waals surface area (Å²) < 4.78 is 40.7. The number of aromatic nitrogens is 1. The first-order valence-electron chi connectivity index (χ1n) is 10.4. The van der Waals surface area contributed by atoms with Crippen molar-refractivity contribution in [3.8, 4) is 11.8 Å². The van der Waals surface area contributed by atoms with Crippen LogP contribution in [-0.4, -0.2) is 25.4 Å². The van der Waals surface area contributed by atoms with Crippen LogP contribution in [0.25, 0.3) is 5.52 Å². The van der Waals surface area contributed by atoms with E-state index in [0.717, 1.165) is 0 Å². The summed E-state index contributed by atoms with van der Waals surface area (Å²) in [5.41, 5.74) is 1.81. The van der Waals surface area contributed by atoms with Crippen molar-refractivity contribution in [2.45, 2.75) is 18.4 Å². The predicted octanol–water partition coefficient (Wildman–Crippen LogP) is 4.37. The summed E-state index contributed by atoms with van der Waals surface area (Å²) in [6, 6.07) is 19.7. The lowest BCUT2D eigenvalue weighted by molar-refractivity contribution is 0.0474. The highest BCUT2D eigenvalue weighted by Crippen LogP contribution is 2.24. The Bertz CT molecular complexity index is 1490. The number of hydrogen-bond acceptors (Lipinski definition) is 6. The Morgan fingerprint density at radius 2 is 1.79 bits per heavy atom. The number of anilines is 1. The second kappa shape index (κ2) is 9.68. The van der Waals surface area contributed by atoms with Crippen molar-refractivity contribution < 1.29 is 22.7 Å². The molecule has 0 unspecified atom stereocenters. The molecule has 9 heteroatoms. The molecule has 0 radical (unpaired) electrons. The molecule has 2 heterocycles. The van der Waals surface area contributed by atoms with Gasteiger partial charge < -0.3 is 13.9 Å². The molecular weight excluding hydrogens is 454 g/mol. The van der Waals surface area contributed by atoms with Crippen LogP contribution in [0.5, 0.6) is 5.75 Å². The highest BCUT2D eigenvalue weighted by molar-refractivity contribution is 7.92. The maximum Gasteiger partial charge on any atom is 0.340 e. The first-order valence-corrected chi connectivity index (χ1v) is 11.9. The number of sulfonamides is 1. The highest BCUT2D eigenvalue weighted by Gasteiger charge is 2.20. The van der Waals surface area contributed by atoms with Crippen molar-refractivity contribution >= 4 is 27.2 Å². The molecule has 4 rings (SSSR count). The Balaban J connectivity index is 1.53. The van der Waals surface area contributed by atoms with Crippen molar-refractivity contribution in [1.82, 2.24) is 4.40 Å². The Morgan fingerprint density at radius 3 is 2.53 bits per heavy atom. The SMILES string of the molecule is CCOc1ccc(S(=O)(=O)Nc2ccccc2C(=O)OCc2cn3ccccc3c2C#N)cc1. The molecule has 2 aromatic heterocycles. The monoisotopic (exact) mass is 475 g/mol. The van der Waals surface area contributed by atoms with Crippen LogP contribution in [0.3, 0.4) is 0 Å². The number of nitrogens with one attached hydrogen (secondary N) is 1. The number of nitriles is 1. The van der Waals surface area contributed by atoms with Gasteiger partial charge in [0.15, 0.2) is 0 Å². The van der Waals surface area contributed by atoms with Gasteiger partial charge in [0, 0.05) is 18.0 Å². The van der Waals surface area contributed by atoms with Gasteiger partial charge in [-0.05, 0) is 55.5 Å². The van der Waals surface area contributed by atoms with E-state index in [1.807, 2.05) is 19.1 Å². The third-order valence-corrected chi connectivity index (χ3v) is 6.45. The van der Waals surface area contributed by atoms with Crippen molar-refractivity contribution in [2.75, 3.05) is 11.3 Å². The summed E-state index contributed by atoms with van der Waals surface area (Å²) in [6.07, 6.45) is 3.52. The number of rotatable bonds is 8. The Morgan fingerprint density at radius 1 is 1.06 bits per heavy atom. The maximum atomic E-state index is 12.9. The van der Waals surface area contributed by atoms with Gasteiger partial charge in [0.2, 0.25) is 0 Å². The van der Waals surface area contributed by atoms with Crippen LogP contribution in [0.15, 0.2) is 84.0 Å². The van der Waals surface area contributed by atoms with E-state index in [2.05, 4.69) is 10.8 Å². The van der Waals surface area contributed by atoms with E-state index >= 15 is 0 Å². The van der Waals surface area contributed by atoms with E-state index in [-0.39, 0.29) is 22.8 Å². The van der Waals surface area contributed by atoms with Crippen LogP contribution in [-0.2, 0) is 21.4 Å². The molecule has 0 saturated carbocycles. The Hall–Kier alpha value is -4.29. The van der Waals surface area contributed by atoms with Crippen LogP contribution in [0.1, 0.15) is 28.4 Å². The summed E-state index contributed by atoms with van der Waals surface area (Å²) >= 11 is 0. The van der Waals surface area contributed by atoms with Crippen LogP contribution in [0.2, 0.25) is 0 Å². The lowest BCUT2D eigenvalue weighted by Crippen LogP contribution is -2.16. The third-order valence-electron chi connectivity index (χ3n) is 5.07. The van der Waals surface area contributed by atoms with Gasteiger partial charge in [-0.3, -0.25) is 4.72 Å². The molecule has 8 nitrogen and oxygen atoms in total. The van der Waals surface area contributed by atoms with Crippen LogP contribution < -0.4 is 9.46 Å². The standard InChI is InChI=1S/C25H21N3O5S/c1-2-32-19-10-12-20(13-11-19)34(30,31)27-23-8-4-3-7-21(23)25(29)33-17-18-16-28-14-6-5-9-24(28)22(18)15-26/h3-14,16,27H,2,17H2,1H3. The van der Waals surface area contributed by atoms with Gasteiger partial charge in [0.1, 0.15) is 18.4 Å². The zero-order valence-electron chi connectivity index (χ0n) is 18.3. The quantitative estimate of drug-likeness (QED) is 0.379. The second-order valence-corrected chi connectivity index (χ2v) is 8.95. The van der Waals surface area contributed by atoms with Gasteiger partial charge in [-0.1, -0.05) is 18.2 Å². The minimum Gasteiger partial charge on any atom is -0.494 e. The molecule has 0 aliphatic heterocycles. The van der Waals surface area contributed by atoms with Gasteiger partial charge in [-0.15, -0.1) is 0 Å². The number of carbonyl (C=O) groups is 1. The fourth-order valence-electron chi connectivity index (χ4n) is 3.47. The van der Waals surface area contributed by atoms with Gasteiger partial charge in [0.05, 0.1) is 33.8 Å². The predicted molar refractivity (Wildman–Crippen MR) is 126 cm³/mol. The lowest BCUT2D eigenvalue weighted by Gasteiger charge is -2.13. The molecule has 172 valence electrons. The van der Waals surface area contributed by atoms with E-state index in [1.165, 1.54) is 24.3 Å². The Kier molecular flexibility index (Phi) is 6.52. The number of carbonyl (C=O) groups excluding carboxylic acids is 1. The van der Waals surface area contributed by atoms with E-state index < -0.39 is 16.0 Å². The lowest BCUT2D eigenvalue weighted by atomic mass is 10.2. The number of ether oxygens (including phenoxy) is 2. The highest BCUT2D eigenvalue weighted by atomic mass is 32.2. The Labute approximate surface area is 197 Å². The average molecular weight is 476 g/mol. The van der Waals surface area contributed by atoms with Crippen molar-refractivity contribution in [3.63, 3.8) is 0 Å². The maximum absolute atomic E-state index is 12.9. The van der Waals surface area contributed by atoms with Gasteiger partial charge >= 0.3 is 5.97 Å². The largest absolute Gasteiger partial charge is 0.494 e. The molecular formula is C25H21N3O5S. The smallest absolute Gasteiger partial charge is 0.340 e. The number of para-hydroxylation sites is 1. The molecule has 0 atom stereocenters. The first kappa shape index (κ1) is 22.9. The van der Waals surface area contributed by atoms with E-state index in [9.17, 15) is 18.5 Å². The number of esters is 1. The summed E-state index contributed by atoms with van der Waals surface area (Å²) in [5, 5.41) is 9.53. The molecule has 0 aliphatic carbocycles. The van der Waals surface area contributed by atoms with Gasteiger partial charge in [-0.25, -0.2) is 13.2 Å². The number of hydrogen-bond donors (Lipinski definition) is 1. The molecule has 4 aromatic rings. The second-order valence-electron chi connectivity index (χ2n) is 7.27. The minimum absolute atomic E-state index is 0.0262. The number of fused-ring (bicyclic) bond motifs is 1. The molecule has 34 heavy (non-hydrogen) atoms. The van der Waals surface area contributed by atoms with E-state index in [1.54, 1.807) is 47.1 Å². The van der Waals surface area contributed by atoms with Crippen LogP contribution >= 0.6 is 0 Å². The summed E-state index contributed by atoms with van der Waals surface area (Å²) in [4.78, 5) is 12.9. The van der Waals surface area contributed by atoms with E-state index in [4.69, 9.17) is 9.47 Å². The zero-order valence-corrected chi connectivity index (χ0v) is 19.1. The molecule has 2 aromatic carbocycles. The fraction of sp³-hybridized carbons (Fsp3) is 0.120. The van der Waals surface area contributed by atoms with Gasteiger partial charge in [0.25, 0.3) is 10.0 Å². The molecule has 0 aliphatic rings. The van der Waals surface area contributed by atoms with Crippen LogP contribution in [0.4, 0.5) is 5.69 Å². The number of nitrogens with zero attached hydrogens (tertiary/aromatic N) is 2. The van der Waals surface area contributed by atoms with Crippen molar-refractivity contribution in [3.05, 3.63) is 95.8 Å². The summed E-state index contributed by atoms with van der Waals surface area (Å²) in [5.74, 6) is -0.162. The van der Waals surface area contributed by atoms with Crippen molar-refractivity contribution in [2.24, 2.45) is 0 Å². The zero-order chi connectivity index (χ0) is 24.1. The average Bonchev–Trinajstić information content (AvgIpc) is 3.20. The van der Waals surface area contributed by atoms with Gasteiger partial charge in [-0.2, -0.15) is 5.26 Å². The van der Waals surface area contributed by atoms with E-state index in [0.29, 0.717) is 29.0 Å². The number of benzene rings is 2. The molecule has 0 saturated heterocycles. The topological polar surface area (TPSA) is 110 Å².